The Morgan fingerprint density at radius 1 is 1.22 bits per heavy atom. The fraction of sp³-hybridized carbons (Fsp3) is 0.235. The lowest BCUT2D eigenvalue weighted by molar-refractivity contribution is 0.553. The Bertz CT molecular complexity index is 871. The molecular formula is C17H16F2N2OS. The summed E-state index contributed by atoms with van der Waals surface area (Å²) in [5.74, 6) is -1.19. The van der Waals surface area contributed by atoms with Gasteiger partial charge < -0.3 is 4.40 Å². The summed E-state index contributed by atoms with van der Waals surface area (Å²) in [5, 5.41) is -0.748. The number of hydrogen-bond acceptors (Lipinski definition) is 2. The maximum atomic E-state index is 13.8. The number of nitrogens with zero attached hydrogens (tertiary/aromatic N) is 2. The monoisotopic (exact) mass is 334 g/mol. The molecule has 0 aliphatic carbocycles. The highest BCUT2D eigenvalue weighted by molar-refractivity contribution is 7.84. The molecule has 0 N–H and O–H groups in total. The summed E-state index contributed by atoms with van der Waals surface area (Å²) < 4.78 is 42.0. The highest BCUT2D eigenvalue weighted by Gasteiger charge is 2.22. The molecule has 0 amide bonds. The van der Waals surface area contributed by atoms with Gasteiger partial charge in [-0.1, -0.05) is 12.1 Å². The molecule has 0 aliphatic rings. The van der Waals surface area contributed by atoms with E-state index in [4.69, 9.17) is 0 Å². The van der Waals surface area contributed by atoms with Gasteiger partial charge in [0.05, 0.1) is 16.7 Å². The lowest BCUT2D eigenvalue weighted by Crippen LogP contribution is -2.09. The molecule has 3 rings (SSSR count). The predicted molar refractivity (Wildman–Crippen MR) is 86.5 cm³/mol. The zero-order valence-electron chi connectivity index (χ0n) is 12.8. The topological polar surface area (TPSA) is 34.4 Å². The van der Waals surface area contributed by atoms with E-state index >= 15 is 0 Å². The molecule has 3 aromatic rings. The van der Waals surface area contributed by atoms with E-state index in [1.807, 2.05) is 29.7 Å². The number of imidazole rings is 1. The molecule has 0 spiro atoms. The Morgan fingerprint density at radius 2 is 1.91 bits per heavy atom. The van der Waals surface area contributed by atoms with Crippen molar-refractivity contribution in [3.05, 3.63) is 71.2 Å². The Morgan fingerprint density at radius 3 is 2.57 bits per heavy atom. The summed E-state index contributed by atoms with van der Waals surface area (Å²) in [6, 6.07) is 7.51. The van der Waals surface area contributed by atoms with Crippen molar-refractivity contribution in [3.63, 3.8) is 0 Å². The molecule has 2 heterocycles. The van der Waals surface area contributed by atoms with Crippen LogP contribution in [0.25, 0.3) is 5.65 Å². The van der Waals surface area contributed by atoms with Crippen LogP contribution in [0.3, 0.4) is 0 Å². The first-order chi connectivity index (χ1) is 11.0. The van der Waals surface area contributed by atoms with E-state index in [1.54, 1.807) is 13.1 Å². The minimum Gasteiger partial charge on any atom is -0.307 e. The lowest BCUT2D eigenvalue weighted by atomic mass is 10.1. The number of pyridine rings is 1. The molecule has 0 saturated carbocycles. The fourth-order valence-electron chi connectivity index (χ4n) is 2.58. The molecule has 2 atom stereocenters. The van der Waals surface area contributed by atoms with Crippen molar-refractivity contribution in [1.29, 1.82) is 0 Å². The zero-order chi connectivity index (χ0) is 16.6. The third-order valence-corrected chi connectivity index (χ3v) is 5.42. The second kappa shape index (κ2) is 6.20. The first-order valence-corrected chi connectivity index (χ1v) is 8.60. The normalized spacial score (nSPS) is 14.1. The largest absolute Gasteiger partial charge is 0.307 e. The van der Waals surface area contributed by atoms with Crippen LogP contribution in [0.2, 0.25) is 0 Å². The number of aromatic nitrogens is 2. The van der Waals surface area contributed by atoms with Gasteiger partial charge in [-0.05, 0) is 37.6 Å². The molecule has 3 nitrogen and oxygen atoms in total. The summed E-state index contributed by atoms with van der Waals surface area (Å²) in [5.41, 5.74) is 2.31. The van der Waals surface area contributed by atoms with Crippen LogP contribution in [0, 0.1) is 18.6 Å². The van der Waals surface area contributed by atoms with Gasteiger partial charge in [0.1, 0.15) is 17.3 Å². The number of hydrogen-bond donors (Lipinski definition) is 0. The number of halogens is 2. The van der Waals surface area contributed by atoms with Crippen LogP contribution < -0.4 is 0 Å². The van der Waals surface area contributed by atoms with Gasteiger partial charge in [0.15, 0.2) is 0 Å². The highest BCUT2D eigenvalue weighted by Crippen LogP contribution is 2.27. The van der Waals surface area contributed by atoms with Gasteiger partial charge in [-0.15, -0.1) is 0 Å². The molecule has 0 unspecified atom stereocenters. The van der Waals surface area contributed by atoms with Crippen LogP contribution in [0.5, 0.6) is 0 Å². The molecule has 120 valence electrons. The maximum absolute atomic E-state index is 13.8. The van der Waals surface area contributed by atoms with E-state index in [-0.39, 0.29) is 11.3 Å². The molecule has 0 radical (unpaired) electrons. The Kier molecular flexibility index (Phi) is 4.26. The molecule has 0 saturated heterocycles. The van der Waals surface area contributed by atoms with Gasteiger partial charge in [-0.25, -0.2) is 13.8 Å². The summed E-state index contributed by atoms with van der Waals surface area (Å²) >= 11 is 0. The molecule has 0 bridgehead atoms. The summed E-state index contributed by atoms with van der Waals surface area (Å²) in [6.07, 6.45) is 3.66. The lowest BCUT2D eigenvalue weighted by Gasteiger charge is -2.12. The standard InChI is InChI=1S/C17H16F2N2OS/c1-11-5-4-8-21-9-13(20-17(11)21)10-23(22)12(2)16-14(18)6-3-7-15(16)19/h3-9,12H,10H2,1-2H3/t12-,23-/m1/s1. The van der Waals surface area contributed by atoms with E-state index in [2.05, 4.69) is 4.98 Å². The predicted octanol–water partition coefficient (Wildman–Crippen LogP) is 3.93. The number of benzene rings is 1. The van der Waals surface area contributed by atoms with E-state index in [0.29, 0.717) is 5.69 Å². The van der Waals surface area contributed by atoms with Gasteiger partial charge in [0.25, 0.3) is 0 Å². The smallest absolute Gasteiger partial charge is 0.139 e. The molecule has 23 heavy (non-hydrogen) atoms. The van der Waals surface area contributed by atoms with Crippen LogP contribution in [-0.4, -0.2) is 13.6 Å². The van der Waals surface area contributed by atoms with Crippen molar-refractivity contribution in [2.24, 2.45) is 0 Å². The van der Waals surface area contributed by atoms with Crippen LogP contribution in [-0.2, 0) is 16.6 Å². The van der Waals surface area contributed by atoms with E-state index in [0.717, 1.165) is 11.2 Å². The molecule has 2 aromatic heterocycles. The molecule has 6 heteroatoms. The Hall–Kier alpha value is -2.08. The molecule has 0 aliphatic heterocycles. The SMILES string of the molecule is Cc1cccn2cc(C[S@@](=O)[C@H](C)c3c(F)cccc3F)nc12. The van der Waals surface area contributed by atoms with Crippen molar-refractivity contribution < 1.29 is 13.0 Å². The fourth-order valence-corrected chi connectivity index (χ4v) is 3.74. The number of aryl methyl sites for hydroxylation is 1. The van der Waals surface area contributed by atoms with Gasteiger partial charge in [0, 0.05) is 28.8 Å². The first kappa shape index (κ1) is 15.8. The van der Waals surface area contributed by atoms with Crippen LogP contribution in [0.1, 0.15) is 29.0 Å². The quantitative estimate of drug-likeness (QED) is 0.724. The van der Waals surface area contributed by atoms with E-state index in [9.17, 15) is 13.0 Å². The molecular weight excluding hydrogens is 318 g/mol. The van der Waals surface area contributed by atoms with Gasteiger partial charge in [0.2, 0.25) is 0 Å². The van der Waals surface area contributed by atoms with E-state index < -0.39 is 27.7 Å². The maximum Gasteiger partial charge on any atom is 0.139 e. The van der Waals surface area contributed by atoms with Crippen molar-refractivity contribution in [3.8, 4) is 0 Å². The Balaban J connectivity index is 1.87. The third-order valence-electron chi connectivity index (χ3n) is 3.82. The molecule has 1 aromatic carbocycles. The Labute approximate surface area is 135 Å². The van der Waals surface area contributed by atoms with Crippen LogP contribution in [0.4, 0.5) is 8.78 Å². The van der Waals surface area contributed by atoms with Crippen LogP contribution in [0.15, 0.2) is 42.7 Å². The zero-order valence-corrected chi connectivity index (χ0v) is 13.6. The van der Waals surface area contributed by atoms with Crippen molar-refractivity contribution in [2.75, 3.05) is 0 Å². The van der Waals surface area contributed by atoms with Crippen molar-refractivity contribution in [2.45, 2.75) is 24.9 Å². The van der Waals surface area contributed by atoms with Crippen molar-refractivity contribution >= 4 is 16.4 Å². The summed E-state index contributed by atoms with van der Waals surface area (Å²) in [7, 11) is -1.48. The second-order valence-corrected chi connectivity index (χ2v) is 7.21. The highest BCUT2D eigenvalue weighted by atomic mass is 32.2. The van der Waals surface area contributed by atoms with Crippen molar-refractivity contribution in [1.82, 2.24) is 9.38 Å². The minimum atomic E-state index is -1.48. The number of rotatable bonds is 4. The second-order valence-electron chi connectivity index (χ2n) is 5.46. The van der Waals surface area contributed by atoms with Gasteiger partial charge in [-0.2, -0.15) is 0 Å². The van der Waals surface area contributed by atoms with E-state index in [1.165, 1.54) is 18.2 Å². The van der Waals surface area contributed by atoms with Gasteiger partial charge in [-0.3, -0.25) is 4.21 Å². The van der Waals surface area contributed by atoms with Crippen LogP contribution >= 0.6 is 0 Å². The molecule has 0 fully saturated rings. The average Bonchev–Trinajstić information content (AvgIpc) is 2.91. The number of fused-ring (bicyclic) bond motifs is 1. The first-order valence-electron chi connectivity index (χ1n) is 7.21. The third kappa shape index (κ3) is 3.03. The summed E-state index contributed by atoms with van der Waals surface area (Å²) in [4.78, 5) is 4.46. The average molecular weight is 334 g/mol. The summed E-state index contributed by atoms with van der Waals surface area (Å²) in [6.45, 7) is 3.51. The minimum absolute atomic E-state index is 0.134. The van der Waals surface area contributed by atoms with Gasteiger partial charge >= 0.3 is 0 Å².